The fraction of sp³-hybridized carbons (Fsp3) is 0.923. The van der Waals surface area contributed by atoms with Gasteiger partial charge in [0.15, 0.2) is 0 Å². The largest absolute Gasteiger partial charge is 0.406 e. The van der Waals surface area contributed by atoms with Crippen molar-refractivity contribution in [1.29, 1.82) is 0 Å². The van der Waals surface area contributed by atoms with E-state index in [4.69, 9.17) is 0 Å². The minimum atomic E-state index is -4.44. The van der Waals surface area contributed by atoms with Crippen molar-refractivity contribution in [1.82, 2.24) is 10.2 Å². The van der Waals surface area contributed by atoms with Gasteiger partial charge in [-0.05, 0) is 25.7 Å². The maximum absolute atomic E-state index is 12.6. The Balaban J connectivity index is 1.78. The molecule has 1 aliphatic heterocycles. The summed E-state index contributed by atoms with van der Waals surface area (Å²) < 4.78 is 74.6. The monoisotopic (exact) mass is 332 g/mol. The highest BCUT2D eigenvalue weighted by molar-refractivity contribution is 5.79. The van der Waals surface area contributed by atoms with Crippen molar-refractivity contribution < 1.29 is 31.1 Å². The van der Waals surface area contributed by atoms with Crippen LogP contribution in [0, 0.1) is 5.92 Å². The van der Waals surface area contributed by atoms with E-state index in [9.17, 15) is 31.1 Å². The van der Waals surface area contributed by atoms with E-state index in [0.29, 0.717) is 12.8 Å². The summed E-state index contributed by atoms with van der Waals surface area (Å²) in [5, 5.41) is 3.04. The van der Waals surface area contributed by atoms with Crippen molar-refractivity contribution in [2.45, 2.75) is 56.5 Å². The van der Waals surface area contributed by atoms with Crippen LogP contribution in [0.4, 0.5) is 26.3 Å². The van der Waals surface area contributed by atoms with E-state index in [1.54, 1.807) is 0 Å². The zero-order valence-corrected chi connectivity index (χ0v) is 11.8. The highest BCUT2D eigenvalue weighted by Gasteiger charge is 2.43. The van der Waals surface area contributed by atoms with Gasteiger partial charge in [0.1, 0.15) is 6.54 Å². The molecule has 1 amide bonds. The van der Waals surface area contributed by atoms with Crippen LogP contribution in [0.15, 0.2) is 0 Å². The van der Waals surface area contributed by atoms with Crippen LogP contribution in [-0.4, -0.2) is 48.3 Å². The minimum Gasteiger partial charge on any atom is -0.332 e. The zero-order valence-electron chi connectivity index (χ0n) is 11.8. The van der Waals surface area contributed by atoms with Gasteiger partial charge in [-0.15, -0.1) is 0 Å². The van der Waals surface area contributed by atoms with Crippen molar-refractivity contribution >= 4 is 5.91 Å². The predicted molar refractivity (Wildman–Crippen MR) is 66.0 cm³/mol. The quantitative estimate of drug-likeness (QED) is 0.806. The first-order valence-corrected chi connectivity index (χ1v) is 7.22. The molecule has 0 unspecified atom stereocenters. The number of carbonyl (C=O) groups is 1. The van der Waals surface area contributed by atoms with Gasteiger partial charge in [0.25, 0.3) is 0 Å². The van der Waals surface area contributed by atoms with Gasteiger partial charge in [0.05, 0.1) is 5.92 Å². The SMILES string of the molecule is O=C1C[C@@H](NC2CCC(C(F)(F)F)CC2)CN1CC(F)(F)F. The Kier molecular flexibility index (Phi) is 4.93. The molecule has 0 aromatic rings. The van der Waals surface area contributed by atoms with Gasteiger partial charge in [0.2, 0.25) is 5.91 Å². The lowest BCUT2D eigenvalue weighted by Crippen LogP contribution is -2.44. The minimum absolute atomic E-state index is 0.0219. The first-order chi connectivity index (χ1) is 10.0. The number of nitrogens with one attached hydrogen (secondary N) is 1. The first kappa shape index (κ1) is 17.4. The summed E-state index contributed by atoms with van der Waals surface area (Å²) in [5.74, 6) is -1.86. The topological polar surface area (TPSA) is 32.3 Å². The summed E-state index contributed by atoms with van der Waals surface area (Å²) in [6, 6.07) is -0.579. The van der Waals surface area contributed by atoms with Gasteiger partial charge in [0, 0.05) is 25.0 Å². The molecule has 1 atom stereocenters. The molecular weight excluding hydrogens is 314 g/mol. The van der Waals surface area contributed by atoms with Gasteiger partial charge in [-0.1, -0.05) is 0 Å². The standard InChI is InChI=1S/C13H18F6N2O/c14-12(15,16)7-21-6-10(5-11(21)22)20-9-3-1-8(2-4-9)13(17,18)19/h8-10,20H,1-7H2/t8?,9?,10-/m1/s1. The van der Waals surface area contributed by atoms with Crippen molar-refractivity contribution in [3.8, 4) is 0 Å². The summed E-state index contributed by atoms with van der Waals surface area (Å²) in [6.45, 7) is -1.32. The normalized spacial score (nSPS) is 30.9. The van der Waals surface area contributed by atoms with E-state index in [1.807, 2.05) is 0 Å². The molecule has 2 rings (SSSR count). The Labute approximate surface area is 124 Å². The Bertz CT molecular complexity index is 400. The smallest absolute Gasteiger partial charge is 0.332 e. The summed E-state index contributed by atoms with van der Waals surface area (Å²) in [7, 11) is 0. The molecule has 2 fully saturated rings. The van der Waals surface area contributed by atoms with E-state index in [2.05, 4.69) is 5.32 Å². The number of likely N-dealkylation sites (tertiary alicyclic amines) is 1. The molecule has 22 heavy (non-hydrogen) atoms. The second-order valence-corrected chi connectivity index (χ2v) is 6.05. The summed E-state index contributed by atoms with van der Waals surface area (Å²) in [5.41, 5.74) is 0. The molecular formula is C13H18F6N2O. The van der Waals surface area contributed by atoms with Crippen molar-refractivity contribution in [2.75, 3.05) is 13.1 Å². The highest BCUT2D eigenvalue weighted by Crippen LogP contribution is 2.37. The summed E-state index contributed by atoms with van der Waals surface area (Å²) in [6.07, 6.45) is -7.95. The number of rotatable bonds is 3. The van der Waals surface area contributed by atoms with Crippen molar-refractivity contribution in [3.05, 3.63) is 0 Å². The second kappa shape index (κ2) is 6.25. The number of amides is 1. The van der Waals surface area contributed by atoms with E-state index in [1.165, 1.54) is 0 Å². The van der Waals surface area contributed by atoms with Crippen LogP contribution in [-0.2, 0) is 4.79 Å². The lowest BCUT2D eigenvalue weighted by molar-refractivity contribution is -0.182. The summed E-state index contributed by atoms with van der Waals surface area (Å²) >= 11 is 0. The molecule has 9 heteroatoms. The van der Waals surface area contributed by atoms with E-state index >= 15 is 0 Å². The number of hydrogen-bond acceptors (Lipinski definition) is 2. The molecule has 1 aliphatic carbocycles. The molecule has 1 saturated carbocycles. The Morgan fingerprint density at radius 1 is 1.00 bits per heavy atom. The molecule has 128 valence electrons. The lowest BCUT2D eigenvalue weighted by atomic mass is 9.85. The van der Waals surface area contributed by atoms with Gasteiger partial charge >= 0.3 is 12.4 Å². The Hall–Kier alpha value is -0.990. The molecule has 2 aliphatic rings. The third kappa shape index (κ3) is 4.76. The molecule has 0 spiro atoms. The predicted octanol–water partition coefficient (Wildman–Crippen LogP) is 2.86. The second-order valence-electron chi connectivity index (χ2n) is 6.05. The molecule has 0 radical (unpaired) electrons. The Morgan fingerprint density at radius 3 is 2.09 bits per heavy atom. The Morgan fingerprint density at radius 2 is 1.59 bits per heavy atom. The van der Waals surface area contributed by atoms with Crippen LogP contribution in [0.2, 0.25) is 0 Å². The van der Waals surface area contributed by atoms with Crippen LogP contribution in [0.1, 0.15) is 32.1 Å². The van der Waals surface area contributed by atoms with Gasteiger partial charge < -0.3 is 10.2 Å². The number of carbonyl (C=O) groups excluding carboxylic acids is 1. The molecule has 1 saturated heterocycles. The van der Waals surface area contributed by atoms with Crippen LogP contribution in [0.3, 0.4) is 0 Å². The van der Waals surface area contributed by atoms with Gasteiger partial charge in [-0.25, -0.2) is 0 Å². The maximum atomic E-state index is 12.6. The average molecular weight is 332 g/mol. The fourth-order valence-electron chi connectivity index (χ4n) is 3.17. The van der Waals surface area contributed by atoms with E-state index in [-0.39, 0.29) is 31.8 Å². The van der Waals surface area contributed by atoms with Crippen LogP contribution in [0.5, 0.6) is 0 Å². The van der Waals surface area contributed by atoms with Crippen molar-refractivity contribution in [2.24, 2.45) is 5.92 Å². The highest BCUT2D eigenvalue weighted by atomic mass is 19.4. The molecule has 0 aromatic heterocycles. The lowest BCUT2D eigenvalue weighted by Gasteiger charge is -2.32. The number of halogens is 6. The van der Waals surface area contributed by atoms with Crippen LogP contribution in [0.25, 0.3) is 0 Å². The third-order valence-electron chi connectivity index (χ3n) is 4.25. The molecule has 0 bridgehead atoms. The number of nitrogens with zero attached hydrogens (tertiary/aromatic N) is 1. The average Bonchev–Trinajstić information content (AvgIpc) is 2.67. The van der Waals surface area contributed by atoms with E-state index < -0.39 is 36.8 Å². The molecule has 3 nitrogen and oxygen atoms in total. The molecule has 1 N–H and O–H groups in total. The van der Waals surface area contributed by atoms with Gasteiger partial charge in [-0.2, -0.15) is 26.3 Å². The van der Waals surface area contributed by atoms with Crippen LogP contribution < -0.4 is 5.32 Å². The maximum Gasteiger partial charge on any atom is 0.406 e. The number of alkyl halides is 6. The van der Waals surface area contributed by atoms with E-state index in [0.717, 1.165) is 4.90 Å². The number of hydrogen-bond donors (Lipinski definition) is 1. The van der Waals surface area contributed by atoms with Crippen LogP contribution >= 0.6 is 0 Å². The third-order valence-corrected chi connectivity index (χ3v) is 4.25. The van der Waals surface area contributed by atoms with Crippen molar-refractivity contribution in [3.63, 3.8) is 0 Å². The summed E-state index contributed by atoms with van der Waals surface area (Å²) in [4.78, 5) is 12.3. The van der Waals surface area contributed by atoms with Gasteiger partial charge in [-0.3, -0.25) is 4.79 Å². The molecule has 0 aromatic carbocycles. The zero-order chi connectivity index (χ0) is 16.5. The molecule has 1 heterocycles. The fourth-order valence-corrected chi connectivity index (χ4v) is 3.17. The first-order valence-electron chi connectivity index (χ1n) is 7.22.